The topological polar surface area (TPSA) is 369 Å². The zero-order chi connectivity index (χ0) is 47.2. The summed E-state index contributed by atoms with van der Waals surface area (Å²) in [5, 5.41) is 51.4. The number of anilines is 4. The molecule has 6 rings (SSSR count). The number of hydrogen-bond donors (Lipinski definition) is 14. The molecule has 0 spiro atoms. The number of benzene rings is 4. The van der Waals surface area contributed by atoms with Gasteiger partial charge in [-0.15, -0.1) is 0 Å². The van der Waals surface area contributed by atoms with Gasteiger partial charge in [-0.2, -0.15) is 0 Å². The predicted molar refractivity (Wildman–Crippen MR) is 230 cm³/mol. The fraction of sp³-hybridized carbons (Fsp3) is 0.300. The lowest BCUT2D eigenvalue weighted by Gasteiger charge is -2.14. The summed E-state index contributed by atoms with van der Waals surface area (Å²) in [6.07, 6.45) is -5.72. The van der Waals surface area contributed by atoms with Gasteiger partial charge in [-0.1, -0.05) is 72.8 Å². The number of aliphatic hydroxyl groups excluding tert-OH is 6. The van der Waals surface area contributed by atoms with Crippen LogP contribution in [0, 0.1) is 0 Å². The average molecular weight is 905 g/mol. The largest absolute Gasteiger partial charge is 0.508 e. The molecule has 4 aromatic carbocycles. The second-order valence-corrected chi connectivity index (χ2v) is 12.0. The molecule has 3 atom stereocenters. The third kappa shape index (κ3) is 27.6. The van der Waals surface area contributed by atoms with E-state index in [9.17, 15) is 19.2 Å². The van der Waals surface area contributed by atoms with Gasteiger partial charge in [0.15, 0.2) is 12.2 Å². The van der Waals surface area contributed by atoms with E-state index in [0.29, 0.717) is 11.4 Å². The van der Waals surface area contributed by atoms with Gasteiger partial charge < -0.3 is 69.9 Å². The van der Waals surface area contributed by atoms with Crippen LogP contribution in [0.15, 0.2) is 121 Å². The van der Waals surface area contributed by atoms with Crippen LogP contribution in [0.5, 0.6) is 0 Å². The van der Waals surface area contributed by atoms with E-state index in [1.807, 2.05) is 84.9 Å². The summed E-state index contributed by atoms with van der Waals surface area (Å²) < 4.78 is 26.7. The summed E-state index contributed by atoms with van der Waals surface area (Å²) in [6.45, 7) is -1.51. The Morgan fingerprint density at radius 2 is 0.938 bits per heavy atom. The third-order valence-corrected chi connectivity index (χ3v) is 7.05. The second-order valence-electron chi connectivity index (χ2n) is 12.0. The van der Waals surface area contributed by atoms with Crippen molar-refractivity contribution in [2.45, 2.75) is 24.4 Å². The first-order valence-electron chi connectivity index (χ1n) is 18.9. The van der Waals surface area contributed by atoms with Crippen molar-refractivity contribution in [1.29, 1.82) is 0 Å². The molecular weight excluding hydrogens is 848 g/mol. The van der Waals surface area contributed by atoms with E-state index in [2.05, 4.69) is 61.0 Å². The lowest BCUT2D eigenvalue weighted by molar-refractivity contribution is 0.0232. The summed E-state index contributed by atoms with van der Waals surface area (Å²) in [4.78, 5) is 42.3. The molecule has 2 fully saturated rings. The Bertz CT molecular complexity index is 1730. The van der Waals surface area contributed by atoms with Crippen molar-refractivity contribution in [2.75, 3.05) is 74.6 Å². The van der Waals surface area contributed by atoms with Crippen molar-refractivity contribution in [3.63, 3.8) is 0 Å². The maximum Gasteiger partial charge on any atom is 0.508 e. The highest BCUT2D eigenvalue weighted by molar-refractivity contribution is 5.70. The molecule has 0 saturated carbocycles. The smallest absolute Gasteiger partial charge is 0.446 e. The van der Waals surface area contributed by atoms with Gasteiger partial charge >= 0.3 is 24.5 Å². The number of cyclic esters (lactones) is 4. The van der Waals surface area contributed by atoms with Gasteiger partial charge in [-0.25, -0.2) is 30.0 Å². The van der Waals surface area contributed by atoms with Crippen molar-refractivity contribution in [2.24, 2.45) is 11.7 Å². The first kappa shape index (κ1) is 54.9. The van der Waals surface area contributed by atoms with E-state index in [1.54, 1.807) is 36.4 Å². The Morgan fingerprint density at radius 1 is 0.578 bits per heavy atom. The Morgan fingerprint density at radius 3 is 1.20 bits per heavy atom. The van der Waals surface area contributed by atoms with E-state index in [1.165, 1.54) is 0 Å². The molecule has 24 heteroatoms. The Hall–Kier alpha value is -7.16. The Kier molecular flexibility index (Phi) is 30.4. The molecule has 0 radical (unpaired) electrons. The van der Waals surface area contributed by atoms with Gasteiger partial charge in [0.05, 0.1) is 44.4 Å². The van der Waals surface area contributed by atoms with Crippen molar-refractivity contribution in [1.82, 2.24) is 10.9 Å². The van der Waals surface area contributed by atoms with Crippen molar-refractivity contribution in [3.05, 3.63) is 121 Å². The normalized spacial score (nSPS) is 14.3. The van der Waals surface area contributed by atoms with Crippen molar-refractivity contribution in [3.8, 4) is 0 Å². The summed E-state index contributed by atoms with van der Waals surface area (Å²) in [6, 6.07) is 37.2. The number of carbonyl (C=O) groups excluding carboxylic acids is 4. The molecular formula is C40H56N8O16. The lowest BCUT2D eigenvalue weighted by atomic mass is 10.3. The second kappa shape index (κ2) is 35.4. The van der Waals surface area contributed by atoms with Gasteiger partial charge in [0.1, 0.15) is 32.0 Å². The van der Waals surface area contributed by atoms with Crippen LogP contribution in [0.3, 0.4) is 0 Å². The molecule has 3 unspecified atom stereocenters. The molecule has 0 bridgehead atoms. The number of hydrogen-bond acceptors (Lipinski definition) is 22. The van der Waals surface area contributed by atoms with Gasteiger partial charge in [-0.3, -0.25) is 22.5 Å². The van der Waals surface area contributed by atoms with Gasteiger partial charge in [0.25, 0.3) is 0 Å². The van der Waals surface area contributed by atoms with E-state index in [-0.39, 0.29) is 33.0 Å². The first-order valence-corrected chi connectivity index (χ1v) is 18.9. The molecule has 2 aliphatic heterocycles. The first-order chi connectivity index (χ1) is 31.0. The highest BCUT2D eigenvalue weighted by Crippen LogP contribution is 2.06. The Balaban J connectivity index is 0.000000396. The maximum absolute atomic E-state index is 11.1. The van der Waals surface area contributed by atoms with Crippen LogP contribution in [-0.2, 0) is 28.4 Å². The molecule has 4 aromatic rings. The van der Waals surface area contributed by atoms with Crippen LogP contribution in [0.1, 0.15) is 0 Å². The number of aliphatic hydroxyl groups is 6. The molecule has 2 aliphatic rings. The molecule has 2 heterocycles. The van der Waals surface area contributed by atoms with Crippen molar-refractivity contribution >= 4 is 47.2 Å². The van der Waals surface area contributed by atoms with Crippen molar-refractivity contribution < 1.29 is 78.2 Å². The van der Waals surface area contributed by atoms with Gasteiger partial charge in [-0.05, 0) is 48.5 Å². The van der Waals surface area contributed by atoms with Crippen LogP contribution in [0.2, 0.25) is 0 Å². The quantitative estimate of drug-likeness (QED) is 0.0365. The zero-order valence-electron chi connectivity index (χ0n) is 34.4. The van der Waals surface area contributed by atoms with E-state index in [0.717, 1.165) is 11.4 Å². The van der Waals surface area contributed by atoms with Crippen LogP contribution in [-0.4, -0.2) is 132 Å². The number of carbonyl (C=O) groups is 4. The van der Waals surface area contributed by atoms with Crippen LogP contribution in [0.25, 0.3) is 0 Å². The number of hydrazine groups is 4. The fourth-order valence-electron chi connectivity index (χ4n) is 3.84. The van der Waals surface area contributed by atoms with Gasteiger partial charge in [0.2, 0.25) is 0 Å². The average Bonchev–Trinajstić information content (AvgIpc) is 4.00. The number of ether oxygens (including phenoxy) is 6. The molecule has 2 amide bonds. The van der Waals surface area contributed by atoms with Gasteiger partial charge in [0, 0.05) is 11.4 Å². The summed E-state index contributed by atoms with van der Waals surface area (Å²) in [5.74, 6) is 10.2. The maximum atomic E-state index is 11.1. The molecule has 0 aromatic heterocycles. The standard InChI is InChI=1S/2C10H14N2O4.2C6H8N2.2C4H6O4/c13-6-9(14)7-16-10(15)12-11-8-4-2-1-3-5-8;13-6-9(7-14)16-10(15)12-11-8-4-2-1-3-5-8;2*7-8-6-4-2-1-3-5-6;2*5-1-3-2-7-4(6)8-3/h2*1-5,9,11,13-14H,6-7H2,(H,12,15);2*1-5,8H,7H2;2*3,5H,1-2H2. The minimum Gasteiger partial charge on any atom is -0.446 e. The van der Waals surface area contributed by atoms with E-state index >= 15 is 0 Å². The number of nitrogens with two attached hydrogens (primary N) is 2. The van der Waals surface area contributed by atoms with E-state index < -0.39 is 68.7 Å². The molecule has 2 saturated heterocycles. The van der Waals surface area contributed by atoms with E-state index in [4.69, 9.17) is 42.3 Å². The Labute approximate surface area is 367 Å². The summed E-state index contributed by atoms with van der Waals surface area (Å²) in [5.41, 5.74) is 18.1. The number of nitrogens with one attached hydrogen (secondary N) is 6. The summed E-state index contributed by atoms with van der Waals surface area (Å²) in [7, 11) is 0. The fourth-order valence-corrected chi connectivity index (χ4v) is 3.84. The van der Waals surface area contributed by atoms with Crippen LogP contribution in [0.4, 0.5) is 41.9 Å². The highest BCUT2D eigenvalue weighted by Gasteiger charge is 2.24. The number of nitrogen functional groups attached to an aromatic ring is 2. The summed E-state index contributed by atoms with van der Waals surface area (Å²) >= 11 is 0. The highest BCUT2D eigenvalue weighted by atomic mass is 16.8. The minimum absolute atomic E-state index is 0.161. The lowest BCUT2D eigenvalue weighted by Crippen LogP contribution is -2.35. The van der Waals surface area contributed by atoms with Crippen LogP contribution < -0.4 is 44.2 Å². The predicted octanol–water partition coefficient (Wildman–Crippen LogP) is 1.16. The minimum atomic E-state index is -1.05. The number of amides is 2. The number of para-hydroxylation sites is 4. The molecule has 352 valence electrons. The molecule has 24 nitrogen and oxygen atoms in total. The molecule has 64 heavy (non-hydrogen) atoms. The zero-order valence-corrected chi connectivity index (χ0v) is 34.4. The monoisotopic (exact) mass is 904 g/mol. The SMILES string of the molecule is NNc1ccccc1.NNc1ccccc1.O=C(NNc1ccccc1)OC(CO)CO.O=C(NNc1ccccc1)OCC(O)CO.O=C1OCC(CO)O1.O=C1OCC(CO)O1. The third-order valence-electron chi connectivity index (χ3n) is 7.05. The molecule has 0 aliphatic carbocycles. The number of rotatable bonds is 14. The van der Waals surface area contributed by atoms with Crippen LogP contribution >= 0.6 is 0 Å². The molecule has 16 N–H and O–H groups in total.